The molecule has 0 aromatic rings. The molecule has 0 aliphatic carbocycles. The minimum Gasteiger partial charge on any atom is -0.419 e. The van der Waals surface area contributed by atoms with Crippen LogP contribution in [-0.2, 0) is 17.7 Å². The predicted octanol–water partition coefficient (Wildman–Crippen LogP) is 1.91. The van der Waals surface area contributed by atoms with Crippen molar-refractivity contribution in [1.29, 1.82) is 0 Å². The Labute approximate surface area is 104 Å². The summed E-state index contributed by atoms with van der Waals surface area (Å²) in [7, 11) is 0.549. The van der Waals surface area contributed by atoms with Crippen molar-refractivity contribution in [3.8, 4) is 0 Å². The average Bonchev–Trinajstić information content (AvgIpc) is 2.18. The van der Waals surface area contributed by atoms with Gasteiger partial charge in [0, 0.05) is 32.5 Å². The Bertz CT molecular complexity index is 163. The van der Waals surface area contributed by atoms with Crippen LogP contribution >= 0.6 is 0 Å². The van der Waals surface area contributed by atoms with E-state index in [1.165, 1.54) is 0 Å². The Kier molecular flexibility index (Phi) is 9.48. The standard InChI is InChI=1S/C10H23O4Si2/c1-5-12-16(4,13-6-2)14-10(3)8-7-9-11-15/h10H,5-9H2,1-4H3. The lowest BCUT2D eigenvalue weighted by atomic mass is 10.2. The van der Waals surface area contributed by atoms with E-state index in [0.717, 1.165) is 12.8 Å². The zero-order chi connectivity index (χ0) is 12.4. The molecule has 0 heterocycles. The molecule has 6 heteroatoms. The van der Waals surface area contributed by atoms with E-state index in [4.69, 9.17) is 17.7 Å². The lowest BCUT2D eigenvalue weighted by Crippen LogP contribution is -2.45. The Morgan fingerprint density at radius 3 is 2.19 bits per heavy atom. The van der Waals surface area contributed by atoms with Gasteiger partial charge in [-0.2, -0.15) is 0 Å². The van der Waals surface area contributed by atoms with Gasteiger partial charge in [0.25, 0.3) is 0 Å². The maximum atomic E-state index is 5.89. The second kappa shape index (κ2) is 9.32. The van der Waals surface area contributed by atoms with E-state index in [1.54, 1.807) is 0 Å². The molecule has 0 aliphatic heterocycles. The molecule has 0 saturated carbocycles. The van der Waals surface area contributed by atoms with Gasteiger partial charge in [-0.15, -0.1) is 0 Å². The van der Waals surface area contributed by atoms with Crippen molar-refractivity contribution in [2.24, 2.45) is 0 Å². The van der Waals surface area contributed by atoms with Crippen molar-refractivity contribution in [3.63, 3.8) is 0 Å². The first-order valence-electron chi connectivity index (χ1n) is 5.82. The van der Waals surface area contributed by atoms with Gasteiger partial charge in [0.2, 0.25) is 10.5 Å². The molecule has 95 valence electrons. The normalized spacial score (nSPS) is 14.1. The van der Waals surface area contributed by atoms with E-state index in [-0.39, 0.29) is 6.10 Å². The first kappa shape index (κ1) is 16.3. The monoisotopic (exact) mass is 263 g/mol. The fraction of sp³-hybridized carbons (Fsp3) is 1.00. The van der Waals surface area contributed by atoms with E-state index in [9.17, 15) is 0 Å². The maximum absolute atomic E-state index is 5.89. The Hall–Kier alpha value is 0.274. The lowest BCUT2D eigenvalue weighted by Gasteiger charge is -2.28. The van der Waals surface area contributed by atoms with Gasteiger partial charge >= 0.3 is 8.80 Å². The molecule has 3 radical (unpaired) electrons. The smallest absolute Gasteiger partial charge is 0.419 e. The van der Waals surface area contributed by atoms with Gasteiger partial charge < -0.3 is 17.7 Å². The molecule has 0 saturated heterocycles. The van der Waals surface area contributed by atoms with Crippen LogP contribution < -0.4 is 0 Å². The van der Waals surface area contributed by atoms with Crippen LogP contribution in [0.4, 0.5) is 0 Å². The Morgan fingerprint density at radius 2 is 1.75 bits per heavy atom. The second-order valence-electron chi connectivity index (χ2n) is 3.65. The second-order valence-corrected chi connectivity index (χ2v) is 6.47. The molecule has 0 aromatic heterocycles. The van der Waals surface area contributed by atoms with Crippen molar-refractivity contribution in [2.45, 2.75) is 46.3 Å². The lowest BCUT2D eigenvalue weighted by molar-refractivity contribution is 0.0397. The van der Waals surface area contributed by atoms with E-state index >= 15 is 0 Å². The van der Waals surface area contributed by atoms with Crippen LogP contribution in [0.5, 0.6) is 0 Å². The summed E-state index contributed by atoms with van der Waals surface area (Å²) in [6.45, 7) is 9.83. The third-order valence-electron chi connectivity index (χ3n) is 2.09. The molecule has 0 spiro atoms. The SMILES string of the molecule is CCO[Si](C)(OCC)OC(C)CCCO[Si]. The van der Waals surface area contributed by atoms with Gasteiger partial charge in [-0.05, 0) is 33.6 Å². The van der Waals surface area contributed by atoms with E-state index < -0.39 is 8.80 Å². The summed E-state index contributed by atoms with van der Waals surface area (Å²) in [6, 6.07) is 0. The van der Waals surface area contributed by atoms with Crippen molar-refractivity contribution < 1.29 is 17.7 Å². The zero-order valence-corrected chi connectivity index (χ0v) is 12.7. The minimum absolute atomic E-state index is 0.136. The highest BCUT2D eigenvalue weighted by Gasteiger charge is 2.35. The van der Waals surface area contributed by atoms with Gasteiger partial charge in [-0.1, -0.05) is 0 Å². The molecule has 1 unspecified atom stereocenters. The van der Waals surface area contributed by atoms with Crippen LogP contribution in [0.3, 0.4) is 0 Å². The Morgan fingerprint density at radius 1 is 1.19 bits per heavy atom. The van der Waals surface area contributed by atoms with E-state index in [1.807, 2.05) is 27.3 Å². The summed E-state index contributed by atoms with van der Waals surface area (Å²) >= 11 is 0. The van der Waals surface area contributed by atoms with Crippen molar-refractivity contribution in [3.05, 3.63) is 0 Å². The quantitative estimate of drug-likeness (QED) is 0.446. The molecule has 0 aliphatic rings. The summed E-state index contributed by atoms with van der Waals surface area (Å²) in [4.78, 5) is 0. The molecular formula is C10H23O4Si2. The summed E-state index contributed by atoms with van der Waals surface area (Å²) in [5, 5.41) is 0. The van der Waals surface area contributed by atoms with Crippen molar-refractivity contribution >= 4 is 19.3 Å². The first-order valence-corrected chi connectivity index (χ1v) is 8.45. The van der Waals surface area contributed by atoms with Gasteiger partial charge in [0.05, 0.1) is 0 Å². The third-order valence-corrected chi connectivity index (χ3v) is 4.75. The average molecular weight is 263 g/mol. The van der Waals surface area contributed by atoms with E-state index in [2.05, 4.69) is 10.5 Å². The van der Waals surface area contributed by atoms with Crippen molar-refractivity contribution in [2.75, 3.05) is 19.8 Å². The van der Waals surface area contributed by atoms with Crippen LogP contribution in [-0.4, -0.2) is 45.2 Å². The molecule has 4 nitrogen and oxygen atoms in total. The Balaban J connectivity index is 3.96. The molecule has 0 fully saturated rings. The summed E-state index contributed by atoms with van der Waals surface area (Å²) in [5.74, 6) is 0. The molecule has 0 bridgehead atoms. The van der Waals surface area contributed by atoms with Crippen LogP contribution in [0.1, 0.15) is 33.6 Å². The number of hydrogen-bond acceptors (Lipinski definition) is 4. The molecule has 0 amide bonds. The van der Waals surface area contributed by atoms with Gasteiger partial charge in [0.15, 0.2) is 0 Å². The van der Waals surface area contributed by atoms with Crippen molar-refractivity contribution in [1.82, 2.24) is 0 Å². The highest BCUT2D eigenvalue weighted by molar-refractivity contribution is 6.59. The summed E-state index contributed by atoms with van der Waals surface area (Å²) < 4.78 is 21.9. The maximum Gasteiger partial charge on any atom is 0.497 e. The summed E-state index contributed by atoms with van der Waals surface area (Å²) in [5.41, 5.74) is 0. The molecule has 16 heavy (non-hydrogen) atoms. The van der Waals surface area contributed by atoms with Gasteiger partial charge in [-0.3, -0.25) is 0 Å². The summed E-state index contributed by atoms with van der Waals surface area (Å²) in [6.07, 6.45) is 2.03. The third kappa shape index (κ3) is 7.53. The van der Waals surface area contributed by atoms with E-state index in [0.29, 0.717) is 19.8 Å². The van der Waals surface area contributed by atoms with Gasteiger partial charge in [0.1, 0.15) is 0 Å². The zero-order valence-electron chi connectivity index (χ0n) is 10.7. The topological polar surface area (TPSA) is 36.9 Å². The van der Waals surface area contributed by atoms with Crippen LogP contribution in [0.25, 0.3) is 0 Å². The number of hydrogen-bond donors (Lipinski definition) is 0. The predicted molar refractivity (Wildman–Crippen MR) is 66.4 cm³/mol. The molecule has 0 rings (SSSR count). The molecule has 1 atom stereocenters. The van der Waals surface area contributed by atoms with Crippen LogP contribution in [0.15, 0.2) is 0 Å². The molecule has 0 aromatic carbocycles. The van der Waals surface area contributed by atoms with Gasteiger partial charge in [-0.25, -0.2) is 0 Å². The van der Waals surface area contributed by atoms with Crippen LogP contribution in [0, 0.1) is 0 Å². The first-order chi connectivity index (χ1) is 7.58. The fourth-order valence-electron chi connectivity index (χ4n) is 1.50. The fourth-order valence-corrected chi connectivity index (χ4v) is 3.76. The molecule has 0 N–H and O–H groups in total. The van der Waals surface area contributed by atoms with Crippen LogP contribution in [0.2, 0.25) is 6.55 Å². The molecular weight excluding hydrogens is 240 g/mol. The highest BCUT2D eigenvalue weighted by atomic mass is 28.4. The largest absolute Gasteiger partial charge is 0.497 e. The number of rotatable bonds is 10. The minimum atomic E-state index is -2.43. The highest BCUT2D eigenvalue weighted by Crippen LogP contribution is 2.14.